The van der Waals surface area contributed by atoms with E-state index in [0.717, 1.165) is 0 Å². The van der Waals surface area contributed by atoms with Gasteiger partial charge in [0, 0.05) is 0 Å². The monoisotopic (exact) mass is 102 g/mol. The Kier molecular flexibility index (Phi) is 1.30. The fourth-order valence-electron chi connectivity index (χ4n) is 0. The molecule has 0 radical (unpaired) electrons. The summed E-state index contributed by atoms with van der Waals surface area (Å²) in [7, 11) is 0. The minimum atomic E-state index is -0.146. The van der Waals surface area contributed by atoms with E-state index in [0.29, 0.717) is 0 Å². The van der Waals surface area contributed by atoms with Gasteiger partial charge in [-0.1, -0.05) is 0 Å². The molecular formula is CH3CoN2. The maximum absolute atomic E-state index is 6.14. The van der Waals surface area contributed by atoms with Gasteiger partial charge in [0.2, 0.25) is 0 Å². The average molecular weight is 102 g/mol. The van der Waals surface area contributed by atoms with E-state index in [-0.39, 0.29) is 4.77 Å². The molecule has 0 fully saturated rings. The molecule has 2 nitrogen and oxygen atoms in total. The van der Waals surface area contributed by atoms with E-state index in [1.165, 1.54) is 0 Å². The maximum atomic E-state index is 6.14. The van der Waals surface area contributed by atoms with Gasteiger partial charge in [0.05, 0.1) is 0 Å². The molecule has 3 N–H and O–H groups in total. The summed E-state index contributed by atoms with van der Waals surface area (Å²) in [5.41, 5.74) is 4.56. The standard InChI is InChI=1S/CH3N2.Co/c2-1-3;/h(H3,2,3);. The molecule has 26 valence electrons. The number of hydrogen-bond acceptors (Lipinski definition) is 1. The Bertz CT molecular complexity index is 29.0. The number of nitrogens with one attached hydrogen (secondary N) is 1. The summed E-state index contributed by atoms with van der Waals surface area (Å²) < 4.78 is -0.146. The first kappa shape index (κ1) is 3.98. The minimum absolute atomic E-state index is 0.146. The van der Waals surface area contributed by atoms with Gasteiger partial charge in [-0.2, -0.15) is 0 Å². The Hall–Kier alpha value is -0.0235. The molecule has 0 spiro atoms. The average Bonchev–Trinajstić information content (AvgIpc) is 0.811. The summed E-state index contributed by atoms with van der Waals surface area (Å²) in [5, 5.41) is 6.14. The predicted octanol–water partition coefficient (Wildman–Crippen LogP) is -0.573. The van der Waals surface area contributed by atoms with E-state index in [1.807, 2.05) is 0 Å². The molecule has 3 heteroatoms. The Morgan fingerprint density at radius 3 is 2.00 bits per heavy atom. The fourth-order valence-corrected chi connectivity index (χ4v) is 0. The van der Waals surface area contributed by atoms with Crippen LogP contribution < -0.4 is 5.73 Å². The molecule has 4 heavy (non-hydrogen) atoms. The van der Waals surface area contributed by atoms with Gasteiger partial charge < -0.3 is 0 Å². The van der Waals surface area contributed by atoms with Crippen molar-refractivity contribution in [3.8, 4) is 0 Å². The first-order chi connectivity index (χ1) is 1.73. The number of amidine groups is 1. The molecule has 0 aromatic carbocycles. The molecule has 0 amide bonds. The summed E-state index contributed by atoms with van der Waals surface area (Å²) in [6.07, 6.45) is 0. The first-order valence-electron chi connectivity index (χ1n) is 0.705. The molecule has 0 saturated heterocycles. The molecule has 0 bridgehead atoms. The molecule has 0 aliphatic rings. The van der Waals surface area contributed by atoms with Gasteiger partial charge in [0.1, 0.15) is 0 Å². The summed E-state index contributed by atoms with van der Waals surface area (Å²) in [4.78, 5) is 0. The summed E-state index contributed by atoms with van der Waals surface area (Å²) in [5.74, 6) is 0. The van der Waals surface area contributed by atoms with Crippen LogP contribution in [-0.4, -0.2) is 4.77 Å². The second-order valence-electron chi connectivity index (χ2n) is 0.324. The molecule has 0 rings (SSSR count). The van der Waals surface area contributed by atoms with E-state index < -0.39 is 0 Å². The molecule has 0 atom stereocenters. The molecular weight excluding hydrogens is 99.0 g/mol. The van der Waals surface area contributed by atoms with Gasteiger partial charge in [-0.3, -0.25) is 0 Å². The number of hydrogen-bond donors (Lipinski definition) is 2. The predicted molar refractivity (Wildman–Crippen MR) is 11.9 cm³/mol. The van der Waals surface area contributed by atoms with Crippen molar-refractivity contribution in [2.45, 2.75) is 0 Å². The van der Waals surface area contributed by atoms with Gasteiger partial charge >= 0.3 is 31.7 Å². The van der Waals surface area contributed by atoms with Crippen LogP contribution in [0.5, 0.6) is 0 Å². The topological polar surface area (TPSA) is 49.9 Å². The quantitative estimate of drug-likeness (QED) is 0.312. The van der Waals surface area contributed by atoms with Crippen LogP contribution in [0.1, 0.15) is 0 Å². The van der Waals surface area contributed by atoms with Crippen LogP contribution in [0.2, 0.25) is 0 Å². The van der Waals surface area contributed by atoms with Gasteiger partial charge in [-0.15, -0.1) is 0 Å². The van der Waals surface area contributed by atoms with Crippen LogP contribution in [0.15, 0.2) is 0 Å². The third-order valence-corrected chi connectivity index (χ3v) is 0. The van der Waals surface area contributed by atoms with Crippen LogP contribution in [0.3, 0.4) is 0 Å². The zero-order chi connectivity index (χ0) is 3.58. The zero-order valence-electron chi connectivity index (χ0n) is 1.91. The van der Waals surface area contributed by atoms with Crippen molar-refractivity contribution in [2.24, 2.45) is 5.73 Å². The van der Waals surface area contributed by atoms with Crippen LogP contribution in [-0.2, 0) is 15.7 Å². The zero-order valence-corrected chi connectivity index (χ0v) is 2.95. The second kappa shape index (κ2) is 1.31. The van der Waals surface area contributed by atoms with Crippen molar-refractivity contribution in [1.29, 1.82) is 5.41 Å². The SMILES string of the molecule is N=[C](N)[Co]. The van der Waals surface area contributed by atoms with Crippen molar-refractivity contribution in [2.75, 3.05) is 0 Å². The third-order valence-electron chi connectivity index (χ3n) is 0. The van der Waals surface area contributed by atoms with E-state index in [4.69, 9.17) is 5.41 Å². The first-order valence-corrected chi connectivity index (χ1v) is 1.23. The van der Waals surface area contributed by atoms with E-state index in [9.17, 15) is 0 Å². The molecule has 0 aromatic heterocycles. The Morgan fingerprint density at radius 1 is 2.00 bits per heavy atom. The second-order valence-corrected chi connectivity index (χ2v) is 0.885. The van der Waals surface area contributed by atoms with Gasteiger partial charge in [0.25, 0.3) is 0 Å². The van der Waals surface area contributed by atoms with Crippen LogP contribution in [0, 0.1) is 5.41 Å². The molecule has 0 aromatic rings. The molecule has 0 aliphatic heterocycles. The van der Waals surface area contributed by atoms with E-state index >= 15 is 0 Å². The van der Waals surface area contributed by atoms with Gasteiger partial charge in [-0.05, 0) is 0 Å². The number of rotatable bonds is 0. The summed E-state index contributed by atoms with van der Waals surface area (Å²) in [6.45, 7) is 0. The molecule has 0 saturated carbocycles. The Labute approximate surface area is 32.5 Å². The van der Waals surface area contributed by atoms with Crippen LogP contribution in [0.25, 0.3) is 0 Å². The van der Waals surface area contributed by atoms with Crippen molar-refractivity contribution >= 4 is 4.77 Å². The van der Waals surface area contributed by atoms with Crippen molar-refractivity contribution < 1.29 is 15.7 Å². The fraction of sp³-hybridized carbons (Fsp3) is 0. The van der Waals surface area contributed by atoms with Crippen molar-refractivity contribution in [3.05, 3.63) is 0 Å². The summed E-state index contributed by atoms with van der Waals surface area (Å²) in [6, 6.07) is 0. The Balaban J connectivity index is 2.80. The van der Waals surface area contributed by atoms with Gasteiger partial charge in [0.15, 0.2) is 0 Å². The molecule has 0 heterocycles. The summed E-state index contributed by atoms with van der Waals surface area (Å²) >= 11 is 3.37. The van der Waals surface area contributed by atoms with Crippen LogP contribution in [0.4, 0.5) is 0 Å². The van der Waals surface area contributed by atoms with E-state index in [1.54, 1.807) is 0 Å². The number of nitrogens with two attached hydrogens (primary N) is 1. The van der Waals surface area contributed by atoms with Crippen LogP contribution >= 0.6 is 0 Å². The van der Waals surface area contributed by atoms with Gasteiger partial charge in [-0.25, -0.2) is 0 Å². The third kappa shape index (κ3) is 3410. The van der Waals surface area contributed by atoms with E-state index in [2.05, 4.69) is 21.5 Å². The molecule has 0 aliphatic carbocycles. The molecule has 0 unspecified atom stereocenters. The Morgan fingerprint density at radius 2 is 2.00 bits per heavy atom. The normalized spacial score (nSPS) is 6.50. The van der Waals surface area contributed by atoms with Crippen molar-refractivity contribution in [3.63, 3.8) is 0 Å². The van der Waals surface area contributed by atoms with Crippen molar-refractivity contribution in [1.82, 2.24) is 0 Å².